The molecule has 2 aromatic carbocycles. The van der Waals surface area contributed by atoms with Crippen molar-refractivity contribution in [3.63, 3.8) is 0 Å². The lowest BCUT2D eigenvalue weighted by atomic mass is 10.1. The molecule has 1 N–H and O–H groups in total. The van der Waals surface area contributed by atoms with E-state index in [1.165, 1.54) is 11.3 Å². The third kappa shape index (κ3) is 3.82. The molecule has 0 aromatic heterocycles. The van der Waals surface area contributed by atoms with Gasteiger partial charge in [0.1, 0.15) is 12.3 Å². The summed E-state index contributed by atoms with van der Waals surface area (Å²) in [6, 6.07) is 14.3. The number of hydrogen-bond acceptors (Lipinski definition) is 4. The van der Waals surface area contributed by atoms with Crippen LogP contribution in [-0.2, 0) is 6.54 Å². The minimum absolute atomic E-state index is 0.798. The lowest BCUT2D eigenvalue weighted by Gasteiger charge is -2.34. The Labute approximate surface area is 149 Å². The third-order valence-electron chi connectivity index (χ3n) is 4.82. The summed E-state index contributed by atoms with van der Waals surface area (Å²) < 4.78 is 16.5. The van der Waals surface area contributed by atoms with Crippen LogP contribution in [0.2, 0.25) is 0 Å². The molecule has 134 valence electrons. The van der Waals surface area contributed by atoms with Crippen LogP contribution in [-0.4, -0.2) is 47.5 Å². The number of hydrogen-bond donors (Lipinski definition) is 1. The highest BCUT2D eigenvalue weighted by Gasteiger charge is 2.23. The van der Waals surface area contributed by atoms with E-state index >= 15 is 0 Å². The number of benzene rings is 2. The molecule has 0 bridgehead atoms. The first-order chi connectivity index (χ1) is 12.3. The summed E-state index contributed by atoms with van der Waals surface area (Å²) in [4.78, 5) is 3.96. The number of nitrogens with one attached hydrogen (secondary N) is 1. The minimum Gasteiger partial charge on any atom is -0.495 e. The van der Waals surface area contributed by atoms with Gasteiger partial charge >= 0.3 is 0 Å². The Morgan fingerprint density at radius 1 is 0.840 bits per heavy atom. The highest BCUT2D eigenvalue weighted by atomic mass is 16.5. The molecule has 1 fully saturated rings. The fourth-order valence-corrected chi connectivity index (χ4v) is 3.49. The largest absolute Gasteiger partial charge is 0.495 e. The van der Waals surface area contributed by atoms with E-state index in [1.54, 1.807) is 26.2 Å². The smallest absolute Gasteiger partial charge is 0.169 e. The maximum Gasteiger partial charge on any atom is 0.169 e. The molecular weight excluding hydrogens is 316 g/mol. The third-order valence-corrected chi connectivity index (χ3v) is 4.82. The number of anilines is 1. The Kier molecular flexibility index (Phi) is 5.66. The lowest BCUT2D eigenvalue weighted by molar-refractivity contribution is -0.914. The topological polar surface area (TPSA) is 35.4 Å². The maximum atomic E-state index is 5.56. The van der Waals surface area contributed by atoms with Crippen LogP contribution in [0.1, 0.15) is 5.56 Å². The summed E-state index contributed by atoms with van der Waals surface area (Å²) >= 11 is 0. The van der Waals surface area contributed by atoms with Gasteiger partial charge in [-0.15, -0.1) is 0 Å². The number of nitrogens with zero attached hydrogens (tertiary/aromatic N) is 1. The molecule has 0 atom stereocenters. The van der Waals surface area contributed by atoms with E-state index in [0.717, 1.165) is 50.0 Å². The summed E-state index contributed by atoms with van der Waals surface area (Å²) in [5.41, 5.74) is 2.38. The lowest BCUT2D eigenvalue weighted by Crippen LogP contribution is -3.13. The van der Waals surface area contributed by atoms with Crippen LogP contribution in [0.5, 0.6) is 17.2 Å². The molecule has 0 radical (unpaired) electrons. The van der Waals surface area contributed by atoms with Gasteiger partial charge in [-0.05, 0) is 24.3 Å². The predicted octanol–water partition coefficient (Wildman–Crippen LogP) is 1.62. The van der Waals surface area contributed by atoms with Crippen molar-refractivity contribution in [1.82, 2.24) is 0 Å². The van der Waals surface area contributed by atoms with E-state index in [1.807, 2.05) is 24.3 Å². The van der Waals surface area contributed by atoms with Gasteiger partial charge in [-0.3, -0.25) is 0 Å². The Balaban J connectivity index is 1.65. The summed E-state index contributed by atoms with van der Waals surface area (Å²) in [6.07, 6.45) is 0. The van der Waals surface area contributed by atoms with E-state index in [2.05, 4.69) is 23.1 Å². The standard InChI is InChI=1S/C20H26N2O3/c1-23-18-9-5-4-8-17(18)22-13-11-21(12-14-22)15-16-7-6-10-19(24-2)20(16)25-3/h4-10H,11-15H2,1-3H3/p+1. The van der Waals surface area contributed by atoms with E-state index in [9.17, 15) is 0 Å². The second-order valence-electron chi connectivity index (χ2n) is 6.24. The molecule has 25 heavy (non-hydrogen) atoms. The van der Waals surface area contributed by atoms with Gasteiger partial charge in [0.2, 0.25) is 0 Å². The summed E-state index contributed by atoms with van der Waals surface area (Å²) in [6.45, 7) is 5.14. The molecule has 0 spiro atoms. The number of ether oxygens (including phenoxy) is 3. The van der Waals surface area contributed by atoms with Crippen LogP contribution in [0, 0.1) is 0 Å². The van der Waals surface area contributed by atoms with Crippen LogP contribution in [0.15, 0.2) is 42.5 Å². The van der Waals surface area contributed by atoms with Crippen molar-refractivity contribution in [2.45, 2.75) is 6.54 Å². The van der Waals surface area contributed by atoms with Crippen molar-refractivity contribution < 1.29 is 19.1 Å². The van der Waals surface area contributed by atoms with E-state index < -0.39 is 0 Å². The van der Waals surface area contributed by atoms with Gasteiger partial charge in [-0.2, -0.15) is 0 Å². The Morgan fingerprint density at radius 2 is 1.52 bits per heavy atom. The zero-order chi connectivity index (χ0) is 17.6. The average Bonchev–Trinajstić information content (AvgIpc) is 2.68. The fraction of sp³-hybridized carbons (Fsp3) is 0.400. The van der Waals surface area contributed by atoms with Crippen molar-refractivity contribution in [2.24, 2.45) is 0 Å². The highest BCUT2D eigenvalue weighted by molar-refractivity contribution is 5.58. The number of piperazine rings is 1. The SMILES string of the molecule is COc1ccccc1N1CC[NH+](Cc2cccc(OC)c2OC)CC1. The predicted molar refractivity (Wildman–Crippen MR) is 99.2 cm³/mol. The van der Waals surface area contributed by atoms with Crippen LogP contribution in [0.3, 0.4) is 0 Å². The number of methoxy groups -OCH3 is 3. The van der Waals surface area contributed by atoms with E-state index in [-0.39, 0.29) is 0 Å². The number of quaternary nitrogens is 1. The number of para-hydroxylation sites is 3. The molecular formula is C20H27N2O3+. The normalized spacial score (nSPS) is 15.1. The summed E-state index contributed by atoms with van der Waals surface area (Å²) in [5, 5.41) is 0. The Morgan fingerprint density at radius 3 is 2.20 bits per heavy atom. The first kappa shape index (κ1) is 17.4. The Hall–Kier alpha value is -2.40. The summed E-state index contributed by atoms with van der Waals surface area (Å²) in [5.74, 6) is 2.59. The van der Waals surface area contributed by atoms with Gasteiger partial charge in [0, 0.05) is 0 Å². The van der Waals surface area contributed by atoms with Crippen molar-refractivity contribution in [3.8, 4) is 17.2 Å². The van der Waals surface area contributed by atoms with Crippen molar-refractivity contribution in [2.75, 3.05) is 52.4 Å². The van der Waals surface area contributed by atoms with Gasteiger partial charge in [-0.25, -0.2) is 0 Å². The molecule has 3 rings (SSSR count). The molecule has 1 aliphatic heterocycles. The van der Waals surface area contributed by atoms with Crippen molar-refractivity contribution >= 4 is 5.69 Å². The average molecular weight is 343 g/mol. The minimum atomic E-state index is 0.798. The van der Waals surface area contributed by atoms with Gasteiger partial charge in [0.25, 0.3) is 0 Å². The molecule has 0 aliphatic carbocycles. The molecule has 1 heterocycles. The molecule has 1 saturated heterocycles. The van der Waals surface area contributed by atoms with E-state index in [0.29, 0.717) is 0 Å². The van der Waals surface area contributed by atoms with Gasteiger partial charge in [-0.1, -0.05) is 18.2 Å². The molecule has 5 nitrogen and oxygen atoms in total. The van der Waals surface area contributed by atoms with Crippen molar-refractivity contribution in [3.05, 3.63) is 48.0 Å². The zero-order valence-electron chi connectivity index (χ0n) is 15.2. The monoisotopic (exact) mass is 343 g/mol. The highest BCUT2D eigenvalue weighted by Crippen LogP contribution is 2.30. The second-order valence-corrected chi connectivity index (χ2v) is 6.24. The van der Waals surface area contributed by atoms with Crippen molar-refractivity contribution in [1.29, 1.82) is 0 Å². The first-order valence-corrected chi connectivity index (χ1v) is 8.68. The maximum absolute atomic E-state index is 5.56. The molecule has 1 aliphatic rings. The van der Waals surface area contributed by atoms with Gasteiger partial charge in [0.15, 0.2) is 11.5 Å². The zero-order valence-corrected chi connectivity index (χ0v) is 15.2. The molecule has 0 amide bonds. The molecule has 0 unspecified atom stereocenters. The molecule has 0 saturated carbocycles. The second kappa shape index (κ2) is 8.12. The van der Waals surface area contributed by atoms with E-state index in [4.69, 9.17) is 14.2 Å². The first-order valence-electron chi connectivity index (χ1n) is 8.68. The van der Waals surface area contributed by atoms with Crippen LogP contribution >= 0.6 is 0 Å². The van der Waals surface area contributed by atoms with Gasteiger partial charge < -0.3 is 24.0 Å². The molecule has 2 aromatic rings. The van der Waals surface area contributed by atoms with Gasteiger partial charge in [0.05, 0.1) is 58.8 Å². The Bertz CT molecular complexity index is 697. The summed E-state index contributed by atoms with van der Waals surface area (Å²) in [7, 11) is 5.12. The van der Waals surface area contributed by atoms with Crippen LogP contribution in [0.4, 0.5) is 5.69 Å². The quantitative estimate of drug-likeness (QED) is 0.865. The number of rotatable bonds is 6. The van der Waals surface area contributed by atoms with Crippen LogP contribution in [0.25, 0.3) is 0 Å². The van der Waals surface area contributed by atoms with Crippen LogP contribution < -0.4 is 24.0 Å². The molecule has 5 heteroatoms. The fourth-order valence-electron chi connectivity index (χ4n) is 3.49.